The smallest absolute Gasteiger partial charge is 0.327 e. The van der Waals surface area contributed by atoms with Crippen molar-refractivity contribution >= 4 is 42.2 Å². The molecule has 0 heterocycles. The molecule has 0 aromatic carbocycles. The average Bonchev–Trinajstić information content (AvgIpc) is 2.59. The van der Waals surface area contributed by atoms with Crippen molar-refractivity contribution in [1.82, 2.24) is 16.0 Å². The summed E-state index contributed by atoms with van der Waals surface area (Å²) >= 11 is 3.81. The molecule has 0 saturated heterocycles. The molecule has 0 radical (unpaired) electrons. The van der Waals surface area contributed by atoms with Gasteiger partial charge in [-0.15, -0.1) is 0 Å². The molecule has 154 valence electrons. The molecule has 12 nitrogen and oxygen atoms in total. The molecular weight excluding hydrogens is 382 g/mol. The predicted molar refractivity (Wildman–Crippen MR) is 96.4 cm³/mol. The Kier molecular flexibility index (Phi) is 11.0. The van der Waals surface area contributed by atoms with Crippen LogP contribution in [0.5, 0.6) is 0 Å². The van der Waals surface area contributed by atoms with Gasteiger partial charge in [-0.25, -0.2) is 4.79 Å². The fourth-order valence-electron chi connectivity index (χ4n) is 1.78. The number of hydrogen-bond acceptors (Lipinski definition) is 8. The predicted octanol–water partition coefficient (Wildman–Crippen LogP) is -3.94. The molecule has 27 heavy (non-hydrogen) atoms. The number of nitrogens with two attached hydrogens (primary N) is 2. The summed E-state index contributed by atoms with van der Waals surface area (Å²) in [5.41, 5.74) is 10.4. The van der Waals surface area contributed by atoms with E-state index < -0.39 is 60.4 Å². The van der Waals surface area contributed by atoms with Gasteiger partial charge in [-0.3, -0.25) is 19.2 Å². The lowest BCUT2D eigenvalue weighted by molar-refractivity contribution is -0.141. The van der Waals surface area contributed by atoms with E-state index >= 15 is 0 Å². The van der Waals surface area contributed by atoms with Crippen LogP contribution in [0.3, 0.4) is 0 Å². The van der Waals surface area contributed by atoms with Crippen LogP contribution in [0.15, 0.2) is 0 Å². The summed E-state index contributed by atoms with van der Waals surface area (Å²) < 4.78 is 0. The third-order valence-corrected chi connectivity index (χ3v) is 3.70. The minimum Gasteiger partial charge on any atom is -0.480 e. The highest BCUT2D eigenvalue weighted by Gasteiger charge is 2.29. The van der Waals surface area contributed by atoms with Gasteiger partial charge in [0.2, 0.25) is 23.6 Å². The Bertz CT molecular complexity index is 572. The number of thiol groups is 1. The molecular formula is C14H25N5O7S. The maximum absolute atomic E-state index is 12.3. The summed E-state index contributed by atoms with van der Waals surface area (Å²) in [7, 11) is 0. The van der Waals surface area contributed by atoms with Crippen LogP contribution in [0.2, 0.25) is 0 Å². The van der Waals surface area contributed by atoms with Gasteiger partial charge in [0.15, 0.2) is 0 Å². The topological polar surface area (TPSA) is 214 Å². The molecule has 4 unspecified atom stereocenters. The quantitative estimate of drug-likeness (QED) is 0.149. The average molecular weight is 407 g/mol. The lowest BCUT2D eigenvalue weighted by Crippen LogP contribution is -2.58. The molecule has 9 N–H and O–H groups in total. The van der Waals surface area contributed by atoms with Crippen molar-refractivity contribution in [2.75, 3.05) is 12.4 Å². The normalized spacial score (nSPS) is 15.0. The maximum atomic E-state index is 12.3. The lowest BCUT2D eigenvalue weighted by Gasteiger charge is -2.23. The van der Waals surface area contributed by atoms with E-state index in [4.69, 9.17) is 16.6 Å². The molecule has 4 atom stereocenters. The van der Waals surface area contributed by atoms with E-state index in [-0.39, 0.29) is 18.6 Å². The number of nitrogens with one attached hydrogen (secondary N) is 3. The van der Waals surface area contributed by atoms with Gasteiger partial charge in [0.1, 0.15) is 18.1 Å². The van der Waals surface area contributed by atoms with Crippen molar-refractivity contribution in [3.05, 3.63) is 0 Å². The highest BCUT2D eigenvalue weighted by molar-refractivity contribution is 7.80. The molecule has 0 aliphatic rings. The first-order valence-electron chi connectivity index (χ1n) is 7.93. The minimum atomic E-state index is -1.40. The number of carboxylic acids is 1. The highest BCUT2D eigenvalue weighted by Crippen LogP contribution is 2.01. The molecule has 0 aliphatic heterocycles. The van der Waals surface area contributed by atoms with E-state index in [0.29, 0.717) is 0 Å². The molecule has 0 aliphatic carbocycles. The standard InChI is InChI=1S/C14H25N5O7S/c1-6(15)11(22)18-8(4-20)13(24)17-7(2-3-10(16)21)12(23)19-9(5-27)14(25)26/h6-9,20,27H,2-5,15H2,1H3,(H2,16,21)(H,17,24)(H,18,22)(H,19,23)(H,25,26). The van der Waals surface area contributed by atoms with Crippen LogP contribution in [-0.4, -0.2) is 76.3 Å². The molecule has 0 saturated carbocycles. The zero-order chi connectivity index (χ0) is 21.1. The SMILES string of the molecule is CC(N)C(=O)NC(CO)C(=O)NC(CCC(N)=O)C(=O)NC(CS)C(=O)O. The van der Waals surface area contributed by atoms with Crippen molar-refractivity contribution in [2.24, 2.45) is 11.5 Å². The van der Waals surface area contributed by atoms with Crippen molar-refractivity contribution in [3.8, 4) is 0 Å². The Labute approximate surface area is 160 Å². The molecule has 0 bridgehead atoms. The number of carbonyl (C=O) groups is 5. The number of amides is 4. The summed E-state index contributed by atoms with van der Waals surface area (Å²) in [5.74, 6) is -4.80. The second-order valence-electron chi connectivity index (χ2n) is 5.68. The minimum absolute atomic E-state index is 0.207. The second kappa shape index (κ2) is 12.1. The summed E-state index contributed by atoms with van der Waals surface area (Å²) in [5, 5.41) is 24.8. The number of carbonyl (C=O) groups excluding carboxylic acids is 4. The van der Waals surface area contributed by atoms with Gasteiger partial charge in [0.25, 0.3) is 0 Å². The fourth-order valence-corrected chi connectivity index (χ4v) is 2.03. The van der Waals surface area contributed by atoms with Crippen molar-refractivity contribution in [3.63, 3.8) is 0 Å². The molecule has 0 aromatic heterocycles. The summed E-state index contributed by atoms with van der Waals surface area (Å²) in [6.07, 6.45) is -0.488. The Morgan fingerprint density at radius 3 is 1.85 bits per heavy atom. The van der Waals surface area contributed by atoms with Crippen LogP contribution in [0.25, 0.3) is 0 Å². The zero-order valence-electron chi connectivity index (χ0n) is 14.7. The third-order valence-electron chi connectivity index (χ3n) is 3.34. The summed E-state index contributed by atoms with van der Waals surface area (Å²) in [4.78, 5) is 58.0. The van der Waals surface area contributed by atoms with Crippen LogP contribution in [0, 0.1) is 0 Å². The molecule has 0 aromatic rings. The highest BCUT2D eigenvalue weighted by atomic mass is 32.1. The number of aliphatic hydroxyl groups excluding tert-OH is 1. The number of rotatable bonds is 12. The van der Waals surface area contributed by atoms with Gasteiger partial charge in [0, 0.05) is 12.2 Å². The number of aliphatic hydroxyl groups is 1. The number of primary amides is 1. The molecule has 0 fully saturated rings. The van der Waals surface area contributed by atoms with Gasteiger partial charge >= 0.3 is 5.97 Å². The van der Waals surface area contributed by atoms with E-state index in [1.807, 2.05) is 0 Å². The summed E-state index contributed by atoms with van der Waals surface area (Å²) in [6.45, 7) is 0.594. The maximum Gasteiger partial charge on any atom is 0.327 e. The van der Waals surface area contributed by atoms with E-state index in [1.54, 1.807) is 0 Å². The molecule has 0 spiro atoms. The Morgan fingerprint density at radius 1 is 0.963 bits per heavy atom. The first-order chi connectivity index (χ1) is 12.5. The zero-order valence-corrected chi connectivity index (χ0v) is 15.6. The van der Waals surface area contributed by atoms with Gasteiger partial charge in [-0.1, -0.05) is 0 Å². The van der Waals surface area contributed by atoms with E-state index in [1.165, 1.54) is 6.92 Å². The Morgan fingerprint density at radius 2 is 1.44 bits per heavy atom. The second-order valence-corrected chi connectivity index (χ2v) is 6.05. The van der Waals surface area contributed by atoms with Crippen molar-refractivity contribution in [1.29, 1.82) is 0 Å². The molecule has 13 heteroatoms. The van der Waals surface area contributed by atoms with Gasteiger partial charge in [-0.2, -0.15) is 12.6 Å². The van der Waals surface area contributed by atoms with Gasteiger partial charge in [-0.05, 0) is 13.3 Å². The number of carboxylic acid groups (broad SMARTS) is 1. The first-order valence-corrected chi connectivity index (χ1v) is 8.56. The van der Waals surface area contributed by atoms with E-state index in [9.17, 15) is 29.1 Å². The Balaban J connectivity index is 5.18. The third kappa shape index (κ3) is 9.21. The number of hydrogen-bond donors (Lipinski definition) is 8. The molecule has 4 amide bonds. The lowest BCUT2D eigenvalue weighted by atomic mass is 10.1. The van der Waals surface area contributed by atoms with Gasteiger partial charge < -0.3 is 37.6 Å². The van der Waals surface area contributed by atoms with Crippen molar-refractivity contribution < 1.29 is 34.2 Å². The molecule has 0 rings (SSSR count). The van der Waals surface area contributed by atoms with Crippen LogP contribution < -0.4 is 27.4 Å². The van der Waals surface area contributed by atoms with Crippen LogP contribution in [0.4, 0.5) is 0 Å². The fraction of sp³-hybridized carbons (Fsp3) is 0.643. The first kappa shape index (κ1) is 24.6. The largest absolute Gasteiger partial charge is 0.480 e. The van der Waals surface area contributed by atoms with Crippen molar-refractivity contribution in [2.45, 2.75) is 43.9 Å². The van der Waals surface area contributed by atoms with Gasteiger partial charge in [0.05, 0.1) is 12.6 Å². The monoisotopic (exact) mass is 407 g/mol. The van der Waals surface area contributed by atoms with E-state index in [2.05, 4.69) is 28.6 Å². The Hall–Kier alpha value is -2.38. The summed E-state index contributed by atoms with van der Waals surface area (Å²) in [6, 6.07) is -4.98. The van der Waals surface area contributed by atoms with Crippen LogP contribution in [-0.2, 0) is 24.0 Å². The van der Waals surface area contributed by atoms with E-state index in [0.717, 1.165) is 0 Å². The van der Waals surface area contributed by atoms with Crippen LogP contribution >= 0.6 is 12.6 Å². The van der Waals surface area contributed by atoms with Crippen LogP contribution in [0.1, 0.15) is 19.8 Å². The number of aliphatic carboxylic acids is 1.